The molecule has 0 saturated carbocycles. The second kappa shape index (κ2) is 9.47. The highest BCUT2D eigenvalue weighted by Crippen LogP contribution is 2.21. The van der Waals surface area contributed by atoms with E-state index >= 15 is 0 Å². The topological polar surface area (TPSA) is 55.8 Å². The molecule has 0 spiro atoms. The molecule has 2 unspecified atom stereocenters. The number of para-hydroxylation sites is 1. The van der Waals surface area contributed by atoms with Crippen molar-refractivity contribution in [2.24, 2.45) is 0 Å². The van der Waals surface area contributed by atoms with Crippen LogP contribution < -0.4 is 4.74 Å². The molecular weight excluding hydrogens is 374 g/mol. The number of benzene rings is 1. The molecule has 0 saturated heterocycles. The summed E-state index contributed by atoms with van der Waals surface area (Å²) < 4.78 is 10.5. The molecule has 5 nitrogen and oxygen atoms in total. The third-order valence-electron chi connectivity index (χ3n) is 3.71. The van der Waals surface area contributed by atoms with Crippen molar-refractivity contribution < 1.29 is 19.1 Å². The molecule has 1 aromatic carbocycles. The fraction of sp³-hybridized carbons (Fsp3) is 0.444. The molecule has 0 aliphatic heterocycles. The van der Waals surface area contributed by atoms with Crippen molar-refractivity contribution in [1.29, 1.82) is 0 Å². The molecule has 0 bridgehead atoms. The molecule has 0 fully saturated rings. The van der Waals surface area contributed by atoms with Crippen LogP contribution in [0.5, 0.6) is 5.75 Å². The second-order valence-corrected chi connectivity index (χ2v) is 6.58. The lowest BCUT2D eigenvalue weighted by Gasteiger charge is -2.31. The van der Waals surface area contributed by atoms with E-state index in [-0.39, 0.29) is 18.6 Å². The van der Waals surface area contributed by atoms with Crippen LogP contribution in [0.15, 0.2) is 42.5 Å². The summed E-state index contributed by atoms with van der Waals surface area (Å²) in [5, 5.41) is 0. The number of nitrogens with zero attached hydrogens (tertiary/aromatic N) is 1. The minimum Gasteiger partial charge on any atom is -0.465 e. The molecule has 0 radical (unpaired) electrons. The van der Waals surface area contributed by atoms with Gasteiger partial charge in [-0.25, -0.2) is 4.79 Å². The molecular formula is C18H22BrNO4. The van der Waals surface area contributed by atoms with Crippen LogP contribution in [-0.2, 0) is 9.53 Å². The average molecular weight is 396 g/mol. The monoisotopic (exact) mass is 395 g/mol. The Kier molecular flexibility index (Phi) is 7.31. The van der Waals surface area contributed by atoms with Crippen molar-refractivity contribution >= 4 is 28.0 Å². The summed E-state index contributed by atoms with van der Waals surface area (Å²) in [5.74, 6) is 0.101. The van der Waals surface area contributed by atoms with Crippen LogP contribution in [0.4, 0.5) is 4.79 Å². The zero-order chi connectivity index (χ0) is 17.4. The fourth-order valence-corrected chi connectivity index (χ4v) is 2.97. The van der Waals surface area contributed by atoms with Gasteiger partial charge in [0.2, 0.25) is 0 Å². The number of halogens is 1. The number of alkyl halides is 1. The molecule has 0 heterocycles. The number of carbonyl (C=O) groups excluding carboxylic acids is 2. The Morgan fingerprint density at radius 3 is 2.71 bits per heavy atom. The van der Waals surface area contributed by atoms with Gasteiger partial charge in [0, 0.05) is 6.54 Å². The summed E-state index contributed by atoms with van der Waals surface area (Å²) >= 11 is 3.32. The van der Waals surface area contributed by atoms with E-state index in [2.05, 4.69) is 22.0 Å². The van der Waals surface area contributed by atoms with Gasteiger partial charge >= 0.3 is 12.1 Å². The van der Waals surface area contributed by atoms with Crippen LogP contribution in [0.25, 0.3) is 0 Å². The first-order chi connectivity index (χ1) is 11.6. The summed E-state index contributed by atoms with van der Waals surface area (Å²) in [6, 6.07) is 8.84. The molecule has 1 amide bonds. The number of amides is 1. The highest BCUT2D eigenvalue weighted by molar-refractivity contribution is 9.10. The lowest BCUT2D eigenvalue weighted by Crippen LogP contribution is -2.46. The molecule has 1 aliphatic carbocycles. The number of esters is 1. The molecule has 2 atom stereocenters. The van der Waals surface area contributed by atoms with Crippen molar-refractivity contribution in [3.05, 3.63) is 42.5 Å². The minimum absolute atomic E-state index is 0.0792. The zero-order valence-corrected chi connectivity index (χ0v) is 15.3. The fourth-order valence-electron chi connectivity index (χ4n) is 2.53. The van der Waals surface area contributed by atoms with Crippen LogP contribution in [0.2, 0.25) is 0 Å². The van der Waals surface area contributed by atoms with Crippen molar-refractivity contribution in [1.82, 2.24) is 4.90 Å². The van der Waals surface area contributed by atoms with Gasteiger partial charge in [-0.3, -0.25) is 9.69 Å². The largest absolute Gasteiger partial charge is 0.465 e. The summed E-state index contributed by atoms with van der Waals surface area (Å²) in [6.07, 6.45) is 6.45. The first kappa shape index (κ1) is 18.5. The van der Waals surface area contributed by atoms with Gasteiger partial charge < -0.3 is 9.47 Å². The Labute approximate surface area is 150 Å². The van der Waals surface area contributed by atoms with E-state index < -0.39 is 10.9 Å². The third-order valence-corrected chi connectivity index (χ3v) is 4.37. The Morgan fingerprint density at radius 2 is 2.08 bits per heavy atom. The maximum Gasteiger partial charge on any atom is 0.415 e. The van der Waals surface area contributed by atoms with E-state index in [1.54, 1.807) is 36.1 Å². The minimum atomic E-state index is -0.587. The molecule has 1 aromatic rings. The van der Waals surface area contributed by atoms with Gasteiger partial charge in [-0.05, 0) is 38.3 Å². The van der Waals surface area contributed by atoms with E-state index in [4.69, 9.17) is 9.47 Å². The van der Waals surface area contributed by atoms with E-state index in [9.17, 15) is 9.59 Å². The van der Waals surface area contributed by atoms with Gasteiger partial charge in [0.1, 0.15) is 10.6 Å². The number of carbonyl (C=O) groups is 2. The van der Waals surface area contributed by atoms with Gasteiger partial charge in [0.15, 0.2) is 0 Å². The number of allylic oxidation sites excluding steroid dienone is 1. The maximum absolute atomic E-state index is 12.6. The van der Waals surface area contributed by atoms with Crippen LogP contribution in [-0.4, -0.2) is 41.0 Å². The van der Waals surface area contributed by atoms with Gasteiger partial charge in [0.05, 0.1) is 12.6 Å². The lowest BCUT2D eigenvalue weighted by molar-refractivity contribution is -0.142. The number of ether oxygens (including phenoxy) is 2. The van der Waals surface area contributed by atoms with Crippen molar-refractivity contribution in [2.45, 2.75) is 37.1 Å². The number of rotatable bonds is 6. The molecule has 1 aliphatic rings. The van der Waals surface area contributed by atoms with E-state index in [0.717, 1.165) is 19.3 Å². The summed E-state index contributed by atoms with van der Waals surface area (Å²) in [7, 11) is 0. The van der Waals surface area contributed by atoms with Gasteiger partial charge in [-0.15, -0.1) is 0 Å². The SMILES string of the molecule is CCOC(=O)C(Br)CN(C(=O)Oc1ccccc1)C1C=CCCC1. The Bertz CT molecular complexity index is 576. The van der Waals surface area contributed by atoms with Crippen LogP contribution >= 0.6 is 15.9 Å². The number of hydrogen-bond donors (Lipinski definition) is 0. The zero-order valence-electron chi connectivity index (χ0n) is 13.7. The summed E-state index contributed by atoms with van der Waals surface area (Å²) in [5.41, 5.74) is 0. The highest BCUT2D eigenvalue weighted by atomic mass is 79.9. The third kappa shape index (κ3) is 5.37. The van der Waals surface area contributed by atoms with Crippen LogP contribution in [0.1, 0.15) is 26.2 Å². The second-order valence-electron chi connectivity index (χ2n) is 5.48. The predicted molar refractivity (Wildman–Crippen MR) is 95.3 cm³/mol. The first-order valence-corrected chi connectivity index (χ1v) is 9.04. The normalized spacial score (nSPS) is 17.8. The summed E-state index contributed by atoms with van der Waals surface area (Å²) in [6.45, 7) is 2.25. The average Bonchev–Trinajstić information content (AvgIpc) is 2.61. The van der Waals surface area contributed by atoms with Gasteiger partial charge in [0.25, 0.3) is 0 Å². The molecule has 0 aromatic heterocycles. The standard InChI is InChI=1S/C18H22BrNO4/c1-2-23-17(21)16(19)13-20(14-9-5-3-6-10-14)18(22)24-15-11-7-4-8-12-15/h4-5,7-9,11-12,14,16H,2-3,6,10,13H2,1H3. The predicted octanol–water partition coefficient (Wildman–Crippen LogP) is 3.92. The van der Waals surface area contributed by atoms with Gasteiger partial charge in [-0.2, -0.15) is 0 Å². The van der Waals surface area contributed by atoms with Crippen LogP contribution in [0.3, 0.4) is 0 Å². The van der Waals surface area contributed by atoms with Crippen molar-refractivity contribution in [3.63, 3.8) is 0 Å². The first-order valence-electron chi connectivity index (χ1n) is 8.12. The van der Waals surface area contributed by atoms with Gasteiger partial charge in [-0.1, -0.05) is 46.3 Å². The number of hydrogen-bond acceptors (Lipinski definition) is 4. The quantitative estimate of drug-likeness (QED) is 0.416. The Morgan fingerprint density at radius 1 is 1.33 bits per heavy atom. The van der Waals surface area contributed by atoms with Crippen molar-refractivity contribution in [3.8, 4) is 5.75 Å². The van der Waals surface area contributed by atoms with Crippen molar-refractivity contribution in [2.75, 3.05) is 13.2 Å². The summed E-state index contributed by atoms with van der Waals surface area (Å²) in [4.78, 5) is 25.5. The molecule has 130 valence electrons. The highest BCUT2D eigenvalue weighted by Gasteiger charge is 2.29. The molecule has 24 heavy (non-hydrogen) atoms. The van der Waals surface area contributed by atoms with E-state index in [1.165, 1.54) is 0 Å². The molecule has 0 N–H and O–H groups in total. The smallest absolute Gasteiger partial charge is 0.415 e. The Hall–Kier alpha value is -1.82. The van der Waals surface area contributed by atoms with Crippen LogP contribution in [0, 0.1) is 0 Å². The maximum atomic E-state index is 12.6. The molecule has 2 rings (SSSR count). The van der Waals surface area contributed by atoms with E-state index in [0.29, 0.717) is 12.4 Å². The lowest BCUT2D eigenvalue weighted by atomic mass is 10.0. The Balaban J connectivity index is 2.09. The molecule has 6 heteroatoms. The van der Waals surface area contributed by atoms with E-state index in [1.807, 2.05) is 12.1 Å².